The van der Waals surface area contributed by atoms with Crippen LogP contribution in [0.1, 0.15) is 0 Å². The zero-order valence-electron chi connectivity index (χ0n) is 10.5. The molecule has 0 fully saturated rings. The lowest BCUT2D eigenvalue weighted by Crippen LogP contribution is -1.95. The van der Waals surface area contributed by atoms with Gasteiger partial charge in [0, 0.05) is 23.2 Å². The second-order valence-corrected chi connectivity index (χ2v) is 4.43. The highest BCUT2D eigenvalue weighted by Crippen LogP contribution is 2.17. The number of hydrogen-bond donors (Lipinski definition) is 0. The molecule has 4 nitrogen and oxygen atoms in total. The van der Waals surface area contributed by atoms with E-state index in [1.165, 1.54) is 0 Å². The van der Waals surface area contributed by atoms with E-state index in [-0.39, 0.29) is 0 Å². The van der Waals surface area contributed by atoms with Crippen LogP contribution in [0.5, 0.6) is 0 Å². The Kier molecular flexibility index (Phi) is 2.39. The topological polar surface area (TPSA) is 51.6 Å². The molecular weight excluding hydrogens is 248 g/mol. The Balaban J connectivity index is 1.91. The van der Waals surface area contributed by atoms with Crippen LogP contribution in [-0.4, -0.2) is 19.9 Å². The van der Waals surface area contributed by atoms with Gasteiger partial charge in [0.1, 0.15) is 0 Å². The fourth-order valence-electron chi connectivity index (χ4n) is 2.10. The molecular formula is C16H9N4. The first-order valence-electron chi connectivity index (χ1n) is 6.25. The monoisotopic (exact) mass is 257 g/mol. The van der Waals surface area contributed by atoms with Crippen LogP contribution in [0.2, 0.25) is 0 Å². The Morgan fingerprint density at radius 2 is 1.45 bits per heavy atom. The van der Waals surface area contributed by atoms with Crippen molar-refractivity contribution < 1.29 is 0 Å². The highest BCUT2D eigenvalue weighted by Gasteiger charge is 2.07. The number of benzene rings is 2. The third kappa shape index (κ3) is 1.78. The first-order valence-corrected chi connectivity index (χ1v) is 6.25. The van der Waals surface area contributed by atoms with Crippen LogP contribution in [0.25, 0.3) is 33.5 Å². The van der Waals surface area contributed by atoms with Gasteiger partial charge in [0.15, 0.2) is 11.6 Å². The van der Waals surface area contributed by atoms with E-state index < -0.39 is 0 Å². The Bertz CT molecular complexity index is 841. The van der Waals surface area contributed by atoms with Gasteiger partial charge in [-0.25, -0.2) is 19.9 Å². The van der Waals surface area contributed by atoms with E-state index in [1.54, 1.807) is 12.4 Å². The van der Waals surface area contributed by atoms with Crippen molar-refractivity contribution in [3.63, 3.8) is 0 Å². The highest BCUT2D eigenvalue weighted by molar-refractivity contribution is 5.80. The van der Waals surface area contributed by atoms with Crippen LogP contribution < -0.4 is 0 Å². The first-order chi connectivity index (χ1) is 9.90. The molecule has 4 rings (SSSR count). The zero-order valence-corrected chi connectivity index (χ0v) is 10.5. The van der Waals surface area contributed by atoms with E-state index in [2.05, 4.69) is 26.0 Å². The Hall–Kier alpha value is -2.88. The van der Waals surface area contributed by atoms with Gasteiger partial charge in [-0.1, -0.05) is 24.3 Å². The van der Waals surface area contributed by atoms with E-state index >= 15 is 0 Å². The quantitative estimate of drug-likeness (QED) is 0.526. The summed E-state index contributed by atoms with van der Waals surface area (Å²) in [5, 5.41) is 1.96. The molecule has 1 radical (unpaired) electrons. The summed E-state index contributed by atoms with van der Waals surface area (Å²) in [5.74, 6) is 1.08. The minimum atomic E-state index is 0.537. The predicted molar refractivity (Wildman–Crippen MR) is 76.9 cm³/mol. The van der Waals surface area contributed by atoms with Crippen LogP contribution in [0.15, 0.2) is 54.9 Å². The predicted octanol–water partition coefficient (Wildman–Crippen LogP) is 3.04. The van der Waals surface area contributed by atoms with E-state index in [1.807, 2.05) is 42.5 Å². The first kappa shape index (κ1) is 11.0. The number of fused-ring (bicyclic) bond motifs is 2. The molecule has 4 heteroatoms. The number of para-hydroxylation sites is 1. The van der Waals surface area contributed by atoms with Crippen molar-refractivity contribution in [3.05, 3.63) is 60.9 Å². The maximum atomic E-state index is 4.51. The molecule has 0 amide bonds. The molecule has 0 saturated heterocycles. The molecule has 0 aliphatic carbocycles. The zero-order chi connectivity index (χ0) is 13.4. The van der Waals surface area contributed by atoms with Gasteiger partial charge in [-0.2, -0.15) is 0 Å². The number of nitrogens with zero attached hydrogens (tertiary/aromatic N) is 4. The second-order valence-electron chi connectivity index (χ2n) is 4.43. The molecule has 4 aromatic rings. The van der Waals surface area contributed by atoms with Gasteiger partial charge in [-0.15, -0.1) is 0 Å². The fourth-order valence-corrected chi connectivity index (χ4v) is 2.10. The van der Waals surface area contributed by atoms with Crippen LogP contribution in [0.3, 0.4) is 0 Å². The van der Waals surface area contributed by atoms with Gasteiger partial charge < -0.3 is 0 Å². The van der Waals surface area contributed by atoms with Crippen molar-refractivity contribution in [2.24, 2.45) is 0 Å². The number of hydrogen-bond acceptors (Lipinski definition) is 4. The van der Waals surface area contributed by atoms with Gasteiger partial charge in [0.2, 0.25) is 0 Å². The van der Waals surface area contributed by atoms with Crippen molar-refractivity contribution in [3.8, 4) is 11.6 Å². The summed E-state index contributed by atoms with van der Waals surface area (Å²) in [6.45, 7) is 0. The molecule has 93 valence electrons. The van der Waals surface area contributed by atoms with Crippen molar-refractivity contribution in [2.45, 2.75) is 0 Å². The van der Waals surface area contributed by atoms with Crippen molar-refractivity contribution in [1.82, 2.24) is 19.9 Å². The lowest BCUT2D eigenvalue weighted by Gasteiger charge is -2.02. The molecule has 2 heterocycles. The van der Waals surface area contributed by atoms with Crippen LogP contribution in [-0.2, 0) is 0 Å². The maximum absolute atomic E-state index is 4.51. The lowest BCUT2D eigenvalue weighted by molar-refractivity contribution is 1.12. The molecule has 0 aliphatic heterocycles. The summed E-state index contributed by atoms with van der Waals surface area (Å²) in [4.78, 5) is 17.7. The fraction of sp³-hybridized carbons (Fsp3) is 0. The Morgan fingerprint density at radius 1 is 0.750 bits per heavy atom. The van der Waals surface area contributed by atoms with Crippen molar-refractivity contribution in [2.75, 3.05) is 0 Å². The van der Waals surface area contributed by atoms with E-state index in [9.17, 15) is 0 Å². The average Bonchev–Trinajstić information content (AvgIpc) is 2.54. The molecule has 2 aromatic heterocycles. The van der Waals surface area contributed by atoms with Crippen molar-refractivity contribution >= 4 is 21.8 Å². The smallest absolute Gasteiger partial charge is 0.198 e. The molecule has 0 saturated carbocycles. The molecule has 20 heavy (non-hydrogen) atoms. The normalized spacial score (nSPS) is 11.0. The number of aromatic nitrogens is 4. The molecule has 0 bridgehead atoms. The minimum absolute atomic E-state index is 0.537. The third-order valence-corrected chi connectivity index (χ3v) is 3.11. The molecule has 0 N–H and O–H groups in total. The molecule has 2 aromatic carbocycles. The lowest BCUT2D eigenvalue weighted by atomic mass is 10.2. The van der Waals surface area contributed by atoms with Crippen LogP contribution >= 0.6 is 0 Å². The van der Waals surface area contributed by atoms with Gasteiger partial charge in [0.25, 0.3) is 0 Å². The number of rotatable bonds is 1. The van der Waals surface area contributed by atoms with E-state index in [0.717, 1.165) is 21.8 Å². The SMILES string of the molecule is [c]1ccc2nc(-c3ncc4ccccc4n3)ncc2c1. The van der Waals surface area contributed by atoms with E-state index in [0.29, 0.717) is 11.6 Å². The third-order valence-electron chi connectivity index (χ3n) is 3.11. The Labute approximate surface area is 115 Å². The molecule has 0 spiro atoms. The van der Waals surface area contributed by atoms with Crippen LogP contribution in [0.4, 0.5) is 0 Å². The standard InChI is InChI=1S/C16H9N4/c1-3-7-13-11(5-1)9-17-15(19-13)16-18-10-12-6-2-4-8-14(12)20-16/h1,3-10H. The van der Waals surface area contributed by atoms with Crippen molar-refractivity contribution in [1.29, 1.82) is 0 Å². The van der Waals surface area contributed by atoms with Gasteiger partial charge in [-0.05, 0) is 24.3 Å². The molecule has 0 atom stereocenters. The summed E-state index contributed by atoms with van der Waals surface area (Å²) in [6.07, 6.45) is 3.57. The average molecular weight is 257 g/mol. The van der Waals surface area contributed by atoms with Gasteiger partial charge in [0.05, 0.1) is 11.0 Å². The van der Waals surface area contributed by atoms with Crippen LogP contribution in [0, 0.1) is 6.07 Å². The second kappa shape index (κ2) is 4.35. The Morgan fingerprint density at radius 3 is 2.30 bits per heavy atom. The summed E-state index contributed by atoms with van der Waals surface area (Å²) in [7, 11) is 0. The van der Waals surface area contributed by atoms with Gasteiger partial charge >= 0.3 is 0 Å². The minimum Gasteiger partial charge on any atom is -0.233 e. The summed E-state index contributed by atoms with van der Waals surface area (Å²) >= 11 is 0. The molecule has 0 aliphatic rings. The largest absolute Gasteiger partial charge is 0.233 e. The highest BCUT2D eigenvalue weighted by atomic mass is 15.0. The summed E-state index contributed by atoms with van der Waals surface area (Å²) in [6, 6.07) is 16.5. The summed E-state index contributed by atoms with van der Waals surface area (Å²) in [5.41, 5.74) is 1.76. The molecule has 0 unspecified atom stereocenters. The van der Waals surface area contributed by atoms with E-state index in [4.69, 9.17) is 0 Å². The summed E-state index contributed by atoms with van der Waals surface area (Å²) < 4.78 is 0. The maximum Gasteiger partial charge on any atom is 0.198 e. The van der Waals surface area contributed by atoms with Gasteiger partial charge in [-0.3, -0.25) is 0 Å².